The highest BCUT2D eigenvalue weighted by atomic mass is 35.5. The zero-order chi connectivity index (χ0) is 20.2. The predicted molar refractivity (Wildman–Crippen MR) is 106 cm³/mol. The van der Waals surface area contributed by atoms with Gasteiger partial charge in [0.2, 0.25) is 15.9 Å². The molecule has 2 rings (SSSR count). The molecule has 2 aromatic rings. The van der Waals surface area contributed by atoms with Crippen LogP contribution < -0.4 is 9.62 Å². The van der Waals surface area contributed by atoms with Crippen LogP contribution in [0.5, 0.6) is 0 Å². The molecule has 0 fully saturated rings. The topological polar surface area (TPSA) is 66.5 Å². The molecular formula is C19H22ClFN2O3S. The molecule has 5 nitrogen and oxygen atoms in total. The van der Waals surface area contributed by atoms with Gasteiger partial charge >= 0.3 is 0 Å². The molecule has 8 heteroatoms. The van der Waals surface area contributed by atoms with Crippen molar-refractivity contribution in [3.05, 3.63) is 64.4 Å². The molecule has 27 heavy (non-hydrogen) atoms. The fourth-order valence-corrected chi connectivity index (χ4v) is 3.61. The lowest BCUT2D eigenvalue weighted by Gasteiger charge is -2.23. The van der Waals surface area contributed by atoms with E-state index in [0.717, 1.165) is 28.6 Å². The van der Waals surface area contributed by atoms with E-state index in [1.165, 1.54) is 17.7 Å². The van der Waals surface area contributed by atoms with Gasteiger partial charge in [-0.15, -0.1) is 0 Å². The van der Waals surface area contributed by atoms with E-state index in [4.69, 9.17) is 11.6 Å². The molecule has 0 aliphatic heterocycles. The Morgan fingerprint density at radius 1 is 1.22 bits per heavy atom. The van der Waals surface area contributed by atoms with Crippen LogP contribution in [-0.2, 0) is 21.2 Å². The molecule has 2 aromatic carbocycles. The second-order valence-corrected chi connectivity index (χ2v) is 8.57. The number of rotatable bonds is 7. The first kappa shape index (κ1) is 21.2. The van der Waals surface area contributed by atoms with Crippen molar-refractivity contribution in [3.63, 3.8) is 0 Å². The summed E-state index contributed by atoms with van der Waals surface area (Å²) in [4.78, 5) is 12.4. The smallest absolute Gasteiger partial charge is 0.241 e. The Balaban J connectivity index is 2.14. The van der Waals surface area contributed by atoms with Crippen LogP contribution in [0.1, 0.15) is 31.0 Å². The fourth-order valence-electron chi connectivity index (χ4n) is 2.58. The number of benzene rings is 2. The number of nitrogens with zero attached hydrogens (tertiary/aromatic N) is 1. The van der Waals surface area contributed by atoms with Gasteiger partial charge in [0.05, 0.1) is 23.0 Å². The molecule has 0 aromatic heterocycles. The zero-order valence-electron chi connectivity index (χ0n) is 15.4. The van der Waals surface area contributed by atoms with E-state index in [2.05, 4.69) is 12.2 Å². The van der Waals surface area contributed by atoms with Gasteiger partial charge in [-0.2, -0.15) is 0 Å². The van der Waals surface area contributed by atoms with Crippen LogP contribution in [0.2, 0.25) is 5.02 Å². The standard InChI is InChI=1S/C19H22ClFN2O3S/c1-4-14-5-7-15(8-6-14)13(2)22-19(24)12-23(27(3,25)26)16-9-10-18(21)17(20)11-16/h5-11,13H,4,12H2,1-3H3,(H,22,24)/t13-/m1/s1. The monoisotopic (exact) mass is 412 g/mol. The zero-order valence-corrected chi connectivity index (χ0v) is 16.9. The molecule has 0 spiro atoms. The lowest BCUT2D eigenvalue weighted by Crippen LogP contribution is -2.41. The third kappa shape index (κ3) is 5.68. The highest BCUT2D eigenvalue weighted by Gasteiger charge is 2.22. The average Bonchev–Trinajstić information content (AvgIpc) is 2.61. The Labute approximate surface area is 164 Å². The minimum atomic E-state index is -3.76. The number of carbonyl (C=O) groups excluding carboxylic acids is 1. The largest absolute Gasteiger partial charge is 0.348 e. The van der Waals surface area contributed by atoms with Crippen molar-refractivity contribution >= 4 is 33.2 Å². The normalized spacial score (nSPS) is 12.5. The number of halogens is 2. The van der Waals surface area contributed by atoms with Gasteiger partial charge in [-0.05, 0) is 42.7 Å². The Kier molecular flexibility index (Phi) is 6.84. The number of hydrogen-bond donors (Lipinski definition) is 1. The fraction of sp³-hybridized carbons (Fsp3) is 0.316. The second kappa shape index (κ2) is 8.71. The van der Waals surface area contributed by atoms with Crippen molar-refractivity contribution in [2.75, 3.05) is 17.1 Å². The number of carbonyl (C=O) groups is 1. The van der Waals surface area contributed by atoms with Crippen LogP contribution in [0.15, 0.2) is 42.5 Å². The number of nitrogens with one attached hydrogen (secondary N) is 1. The molecule has 0 heterocycles. The molecule has 1 N–H and O–H groups in total. The molecule has 0 saturated heterocycles. The summed E-state index contributed by atoms with van der Waals surface area (Å²) in [6.45, 7) is 3.44. The number of amides is 1. The molecule has 0 bridgehead atoms. The van der Waals surface area contributed by atoms with E-state index in [1.807, 2.05) is 31.2 Å². The van der Waals surface area contributed by atoms with E-state index in [-0.39, 0.29) is 16.8 Å². The molecule has 0 unspecified atom stereocenters. The number of aryl methyl sites for hydroxylation is 1. The maximum atomic E-state index is 13.4. The Morgan fingerprint density at radius 3 is 2.37 bits per heavy atom. The molecule has 0 radical (unpaired) electrons. The number of anilines is 1. The first-order chi connectivity index (χ1) is 12.6. The van der Waals surface area contributed by atoms with Crippen molar-refractivity contribution in [2.24, 2.45) is 0 Å². The van der Waals surface area contributed by atoms with Crippen LogP contribution >= 0.6 is 11.6 Å². The third-order valence-corrected chi connectivity index (χ3v) is 5.57. The van der Waals surface area contributed by atoms with E-state index in [9.17, 15) is 17.6 Å². The number of sulfonamides is 1. The maximum absolute atomic E-state index is 13.4. The highest BCUT2D eigenvalue weighted by molar-refractivity contribution is 7.92. The van der Waals surface area contributed by atoms with Gasteiger partial charge in [0.1, 0.15) is 12.4 Å². The molecule has 146 valence electrons. The number of hydrogen-bond acceptors (Lipinski definition) is 3. The van der Waals surface area contributed by atoms with Gasteiger partial charge in [0.25, 0.3) is 0 Å². The first-order valence-corrected chi connectivity index (χ1v) is 10.7. The SMILES string of the molecule is CCc1ccc([C@@H](C)NC(=O)CN(c2ccc(F)c(Cl)c2)S(C)(=O)=O)cc1. The summed E-state index contributed by atoms with van der Waals surface area (Å²) in [5.41, 5.74) is 2.23. The van der Waals surface area contributed by atoms with Gasteiger partial charge in [-0.25, -0.2) is 12.8 Å². The van der Waals surface area contributed by atoms with Gasteiger partial charge < -0.3 is 5.32 Å². The molecular weight excluding hydrogens is 391 g/mol. The predicted octanol–water partition coefficient (Wildman–Crippen LogP) is 3.68. The Bertz CT molecular complexity index is 917. The van der Waals surface area contributed by atoms with Crippen LogP contribution in [0.25, 0.3) is 0 Å². The van der Waals surface area contributed by atoms with Gasteiger partial charge in [-0.1, -0.05) is 42.8 Å². The van der Waals surface area contributed by atoms with Crippen LogP contribution in [-0.4, -0.2) is 27.1 Å². The van der Waals surface area contributed by atoms with E-state index in [1.54, 1.807) is 0 Å². The summed E-state index contributed by atoms with van der Waals surface area (Å²) >= 11 is 5.74. The summed E-state index contributed by atoms with van der Waals surface area (Å²) in [7, 11) is -3.76. The first-order valence-electron chi connectivity index (χ1n) is 8.42. The molecule has 1 amide bonds. The van der Waals surface area contributed by atoms with Crippen molar-refractivity contribution < 1.29 is 17.6 Å². The van der Waals surface area contributed by atoms with Crippen LogP contribution in [0.3, 0.4) is 0 Å². The maximum Gasteiger partial charge on any atom is 0.241 e. The van der Waals surface area contributed by atoms with Gasteiger partial charge in [0.15, 0.2) is 0 Å². The lowest BCUT2D eigenvalue weighted by atomic mass is 10.1. The van der Waals surface area contributed by atoms with Crippen molar-refractivity contribution in [1.29, 1.82) is 0 Å². The summed E-state index contributed by atoms with van der Waals surface area (Å²) < 4.78 is 38.4. The van der Waals surface area contributed by atoms with Gasteiger partial charge in [-0.3, -0.25) is 9.10 Å². The Morgan fingerprint density at radius 2 is 1.85 bits per heavy atom. The van der Waals surface area contributed by atoms with E-state index < -0.39 is 28.3 Å². The minimum Gasteiger partial charge on any atom is -0.348 e. The molecule has 0 aliphatic rings. The molecule has 1 atom stereocenters. The van der Waals surface area contributed by atoms with Crippen LogP contribution in [0.4, 0.5) is 10.1 Å². The van der Waals surface area contributed by atoms with Gasteiger partial charge in [0, 0.05) is 0 Å². The summed E-state index contributed by atoms with van der Waals surface area (Å²) in [5, 5.41) is 2.56. The third-order valence-electron chi connectivity index (χ3n) is 4.14. The Hall–Kier alpha value is -2.12. The molecule has 0 saturated carbocycles. The second-order valence-electron chi connectivity index (χ2n) is 6.25. The lowest BCUT2D eigenvalue weighted by molar-refractivity contribution is -0.120. The minimum absolute atomic E-state index is 0.124. The average molecular weight is 413 g/mol. The molecule has 0 aliphatic carbocycles. The van der Waals surface area contributed by atoms with E-state index in [0.29, 0.717) is 0 Å². The van der Waals surface area contributed by atoms with Crippen molar-refractivity contribution in [1.82, 2.24) is 5.32 Å². The quantitative estimate of drug-likeness (QED) is 0.754. The summed E-state index contributed by atoms with van der Waals surface area (Å²) in [6, 6.07) is 11.0. The summed E-state index contributed by atoms with van der Waals surface area (Å²) in [6.07, 6.45) is 1.90. The van der Waals surface area contributed by atoms with Crippen molar-refractivity contribution in [3.8, 4) is 0 Å². The highest BCUT2D eigenvalue weighted by Crippen LogP contribution is 2.24. The summed E-state index contributed by atoms with van der Waals surface area (Å²) in [5.74, 6) is -1.14. The van der Waals surface area contributed by atoms with Crippen LogP contribution in [0, 0.1) is 5.82 Å². The van der Waals surface area contributed by atoms with Crippen molar-refractivity contribution in [2.45, 2.75) is 26.3 Å². The van der Waals surface area contributed by atoms with E-state index >= 15 is 0 Å².